The number of urea groups is 1. The number of hydrogen-bond donors (Lipinski definition) is 1. The van der Waals surface area contributed by atoms with Gasteiger partial charge in [0.1, 0.15) is 22.6 Å². The number of benzene rings is 2. The zero-order valence-corrected chi connectivity index (χ0v) is 21.3. The van der Waals surface area contributed by atoms with Crippen molar-refractivity contribution in [3.8, 4) is 5.75 Å². The van der Waals surface area contributed by atoms with Gasteiger partial charge >= 0.3 is 6.03 Å². The Hall–Kier alpha value is -3.35. The molecule has 1 aliphatic heterocycles. The zero-order valence-electron chi connectivity index (χ0n) is 21.3. The minimum atomic E-state index is -1.05. The number of aromatic nitrogens is 1. The highest BCUT2D eigenvalue weighted by Crippen LogP contribution is 2.34. The van der Waals surface area contributed by atoms with Gasteiger partial charge in [-0.2, -0.15) is 0 Å². The van der Waals surface area contributed by atoms with Crippen LogP contribution in [-0.4, -0.2) is 35.1 Å². The summed E-state index contributed by atoms with van der Waals surface area (Å²) in [6.45, 7) is 11.1. The lowest BCUT2D eigenvalue weighted by atomic mass is 9.89. The second kappa shape index (κ2) is 9.72. The molecular formula is C28H35N3O4. The number of rotatable bonds is 9. The summed E-state index contributed by atoms with van der Waals surface area (Å²) in [6, 6.07) is 13.0. The van der Waals surface area contributed by atoms with Crippen molar-refractivity contribution in [2.24, 2.45) is 5.41 Å². The van der Waals surface area contributed by atoms with Gasteiger partial charge < -0.3 is 14.6 Å². The number of ether oxygens (including phenoxy) is 1. The number of hydrogen-bond acceptors (Lipinski definition) is 5. The maximum atomic E-state index is 13.1. The van der Waals surface area contributed by atoms with E-state index in [0.717, 1.165) is 52.8 Å². The molecule has 1 unspecified atom stereocenters. The number of amides is 3. The summed E-state index contributed by atoms with van der Waals surface area (Å²) in [6.07, 6.45) is 3.12. The summed E-state index contributed by atoms with van der Waals surface area (Å²) in [5.41, 5.74) is 1.73. The molecule has 2 heterocycles. The molecule has 0 radical (unpaired) electrons. The lowest BCUT2D eigenvalue weighted by Gasteiger charge is -2.22. The lowest BCUT2D eigenvalue weighted by Crippen LogP contribution is -2.41. The van der Waals surface area contributed by atoms with Crippen LogP contribution in [0.3, 0.4) is 0 Å². The third-order valence-electron chi connectivity index (χ3n) is 6.39. The molecule has 1 aliphatic rings. The Kier molecular flexibility index (Phi) is 6.88. The molecule has 1 N–H and O–H groups in total. The highest BCUT2D eigenvalue weighted by Gasteiger charge is 2.48. The molecule has 3 amide bonds. The fraction of sp³-hybridized carbons (Fsp3) is 0.464. The Morgan fingerprint density at radius 2 is 1.86 bits per heavy atom. The van der Waals surface area contributed by atoms with Crippen LogP contribution in [0.2, 0.25) is 0 Å². The van der Waals surface area contributed by atoms with Crippen LogP contribution < -0.4 is 10.1 Å². The van der Waals surface area contributed by atoms with Crippen molar-refractivity contribution in [2.75, 3.05) is 13.2 Å². The van der Waals surface area contributed by atoms with Gasteiger partial charge in [-0.05, 0) is 42.9 Å². The Labute approximate surface area is 206 Å². The van der Waals surface area contributed by atoms with Crippen LogP contribution in [0.1, 0.15) is 64.3 Å². The zero-order chi connectivity index (χ0) is 25.2. The molecule has 0 aliphatic carbocycles. The molecule has 35 heavy (non-hydrogen) atoms. The molecule has 1 fully saturated rings. The van der Waals surface area contributed by atoms with Gasteiger partial charge in [0, 0.05) is 23.9 Å². The second-order valence-corrected chi connectivity index (χ2v) is 10.6. The van der Waals surface area contributed by atoms with Crippen molar-refractivity contribution in [3.05, 3.63) is 59.4 Å². The minimum Gasteiger partial charge on any atom is -0.493 e. The first-order valence-corrected chi connectivity index (χ1v) is 12.4. The minimum absolute atomic E-state index is 0.0996. The first-order chi connectivity index (χ1) is 16.6. The van der Waals surface area contributed by atoms with Crippen molar-refractivity contribution < 1.29 is 18.8 Å². The molecule has 186 valence electrons. The summed E-state index contributed by atoms with van der Waals surface area (Å²) in [7, 11) is 0. The first-order valence-electron chi connectivity index (χ1n) is 12.4. The van der Waals surface area contributed by atoms with E-state index < -0.39 is 5.54 Å². The van der Waals surface area contributed by atoms with Gasteiger partial charge in [0.05, 0.1) is 6.61 Å². The van der Waals surface area contributed by atoms with Gasteiger partial charge in [-0.15, -0.1) is 0 Å². The van der Waals surface area contributed by atoms with Crippen LogP contribution in [0.15, 0.2) is 47.0 Å². The maximum absolute atomic E-state index is 13.1. The van der Waals surface area contributed by atoms with Crippen LogP contribution in [0.5, 0.6) is 5.75 Å². The van der Waals surface area contributed by atoms with Gasteiger partial charge in [0.15, 0.2) is 0 Å². The molecule has 1 saturated heterocycles. The largest absolute Gasteiger partial charge is 0.493 e. The molecule has 3 aromatic rings. The predicted octanol–water partition coefficient (Wildman–Crippen LogP) is 5.61. The number of aryl methyl sites for hydroxylation is 1. The lowest BCUT2D eigenvalue weighted by molar-refractivity contribution is -0.131. The average Bonchev–Trinajstić information content (AvgIpc) is 3.30. The third-order valence-corrected chi connectivity index (χ3v) is 6.39. The van der Waals surface area contributed by atoms with E-state index in [1.807, 2.05) is 42.5 Å². The van der Waals surface area contributed by atoms with Gasteiger partial charge in [0.25, 0.3) is 5.91 Å². The van der Waals surface area contributed by atoms with Gasteiger partial charge in [-0.1, -0.05) is 69.6 Å². The van der Waals surface area contributed by atoms with E-state index >= 15 is 0 Å². The van der Waals surface area contributed by atoms with Gasteiger partial charge in [-0.3, -0.25) is 9.69 Å². The van der Waals surface area contributed by atoms with Crippen LogP contribution in [-0.2, 0) is 23.2 Å². The van der Waals surface area contributed by atoms with Crippen molar-refractivity contribution >= 4 is 22.8 Å². The van der Waals surface area contributed by atoms with E-state index in [2.05, 4.69) is 38.2 Å². The number of nitrogens with zero attached hydrogens (tertiary/aromatic N) is 2. The normalized spacial score (nSPS) is 18.4. The third kappa shape index (κ3) is 5.04. The molecule has 7 heteroatoms. The first kappa shape index (κ1) is 24.8. The summed E-state index contributed by atoms with van der Waals surface area (Å²) in [5, 5.41) is 8.26. The fourth-order valence-electron chi connectivity index (χ4n) is 4.60. The quantitative estimate of drug-likeness (QED) is 0.320. The fourth-order valence-corrected chi connectivity index (χ4v) is 4.60. The molecule has 0 saturated carbocycles. The Morgan fingerprint density at radius 1 is 1.11 bits per heavy atom. The molecule has 1 aromatic heterocycles. The van der Waals surface area contributed by atoms with E-state index in [1.165, 1.54) is 4.90 Å². The molecule has 2 aromatic carbocycles. The SMILES string of the molecule is CCCc1c(OCCCN2C(=O)NC(C)(c3ccccc3)C2=O)ccc2c(CC(C)(C)C)onc12. The van der Waals surface area contributed by atoms with Crippen LogP contribution in [0.4, 0.5) is 4.79 Å². The molecule has 4 rings (SSSR count). The number of nitrogens with one attached hydrogen (secondary N) is 1. The van der Waals surface area contributed by atoms with Crippen molar-refractivity contribution in [1.82, 2.24) is 15.4 Å². The highest BCUT2D eigenvalue weighted by atomic mass is 16.5. The van der Waals surface area contributed by atoms with Crippen LogP contribution >= 0.6 is 0 Å². The van der Waals surface area contributed by atoms with Gasteiger partial charge in [0.2, 0.25) is 0 Å². The van der Waals surface area contributed by atoms with Crippen LogP contribution in [0, 0.1) is 5.41 Å². The number of imide groups is 1. The van der Waals surface area contributed by atoms with E-state index in [0.29, 0.717) is 13.0 Å². The predicted molar refractivity (Wildman–Crippen MR) is 135 cm³/mol. The topological polar surface area (TPSA) is 84.7 Å². The summed E-state index contributed by atoms with van der Waals surface area (Å²) >= 11 is 0. The second-order valence-electron chi connectivity index (χ2n) is 10.6. The number of carbonyl (C=O) groups excluding carboxylic acids is 2. The van der Waals surface area contributed by atoms with Crippen molar-refractivity contribution in [2.45, 2.75) is 65.8 Å². The molecular weight excluding hydrogens is 442 g/mol. The molecule has 1 atom stereocenters. The summed E-state index contributed by atoms with van der Waals surface area (Å²) in [4.78, 5) is 26.9. The van der Waals surface area contributed by atoms with Crippen LogP contribution in [0.25, 0.3) is 10.9 Å². The summed E-state index contributed by atoms with van der Waals surface area (Å²) < 4.78 is 11.8. The standard InChI is InChI=1S/C28H35N3O4/c1-6-11-20-22(15-14-21-23(18-27(2,3)4)35-30-24(20)21)34-17-10-16-31-25(32)28(5,29-26(31)33)19-12-8-7-9-13-19/h7-9,12-15H,6,10-11,16-18H2,1-5H3,(H,29,33). The van der Waals surface area contributed by atoms with Crippen molar-refractivity contribution in [3.63, 3.8) is 0 Å². The molecule has 0 bridgehead atoms. The Bertz CT molecular complexity index is 1210. The average molecular weight is 478 g/mol. The van der Waals surface area contributed by atoms with Gasteiger partial charge in [-0.25, -0.2) is 4.79 Å². The molecule has 7 nitrogen and oxygen atoms in total. The van der Waals surface area contributed by atoms with E-state index in [-0.39, 0.29) is 23.9 Å². The Balaban J connectivity index is 1.42. The maximum Gasteiger partial charge on any atom is 0.325 e. The van der Waals surface area contributed by atoms with E-state index in [9.17, 15) is 9.59 Å². The number of carbonyl (C=O) groups is 2. The molecule has 0 spiro atoms. The van der Waals surface area contributed by atoms with E-state index in [1.54, 1.807) is 6.92 Å². The Morgan fingerprint density at radius 3 is 2.54 bits per heavy atom. The monoisotopic (exact) mass is 477 g/mol. The smallest absolute Gasteiger partial charge is 0.325 e. The summed E-state index contributed by atoms with van der Waals surface area (Å²) in [5.74, 6) is 1.44. The number of fused-ring (bicyclic) bond motifs is 1. The van der Waals surface area contributed by atoms with Crippen molar-refractivity contribution in [1.29, 1.82) is 0 Å². The highest BCUT2D eigenvalue weighted by molar-refractivity contribution is 6.07. The van der Waals surface area contributed by atoms with E-state index in [4.69, 9.17) is 9.26 Å².